The third kappa shape index (κ3) is 8.04. The van der Waals surface area contributed by atoms with Crippen LogP contribution in [0, 0.1) is 6.92 Å². The topological polar surface area (TPSA) is 131 Å². The van der Waals surface area contributed by atoms with Gasteiger partial charge in [-0.1, -0.05) is 13.0 Å². The summed E-state index contributed by atoms with van der Waals surface area (Å²) in [6, 6.07) is 11.1. The van der Waals surface area contributed by atoms with E-state index in [-0.39, 0.29) is 11.9 Å². The summed E-state index contributed by atoms with van der Waals surface area (Å²) in [6.07, 6.45) is 0.452. The number of hydrogen-bond acceptors (Lipinski definition) is 6. The summed E-state index contributed by atoms with van der Waals surface area (Å²) in [7, 11) is -7.47. The quantitative estimate of drug-likeness (QED) is 0.449. The highest BCUT2D eigenvalue weighted by molar-refractivity contribution is 7.93. The predicted octanol–water partition coefficient (Wildman–Crippen LogP) is 3.31. The lowest BCUT2D eigenvalue weighted by Gasteiger charge is -2.15. The predicted molar refractivity (Wildman–Crippen MR) is 127 cm³/mol. The average molecular weight is 484 g/mol. The van der Waals surface area contributed by atoms with Gasteiger partial charge in [-0.15, -0.1) is 0 Å². The van der Waals surface area contributed by atoms with Crippen molar-refractivity contribution in [2.24, 2.45) is 0 Å². The number of carbonyl (C=O) groups excluding carboxylic acids is 1. The molecule has 2 rings (SSSR count). The van der Waals surface area contributed by atoms with Crippen LogP contribution in [0.5, 0.6) is 5.75 Å². The first-order valence-corrected chi connectivity index (χ1v) is 13.4. The number of sulfonamides is 2. The van der Waals surface area contributed by atoms with Gasteiger partial charge in [0.25, 0.3) is 0 Å². The number of hydrogen-bond donors (Lipinski definition) is 3. The summed E-state index contributed by atoms with van der Waals surface area (Å²) < 4.78 is 59.2. The van der Waals surface area contributed by atoms with Gasteiger partial charge in [-0.05, 0) is 69.2 Å². The zero-order valence-corrected chi connectivity index (χ0v) is 20.1. The van der Waals surface area contributed by atoms with Crippen LogP contribution in [-0.4, -0.2) is 40.4 Å². The van der Waals surface area contributed by atoms with E-state index in [1.807, 2.05) is 13.8 Å². The van der Waals surface area contributed by atoms with Crippen molar-refractivity contribution in [2.45, 2.75) is 40.2 Å². The van der Waals surface area contributed by atoms with Gasteiger partial charge in [0.05, 0.1) is 17.5 Å². The number of ether oxygens (including phenoxy) is 1. The first kappa shape index (κ1) is 25.5. The van der Waals surface area contributed by atoms with Crippen molar-refractivity contribution in [3.05, 3.63) is 48.0 Å². The molecule has 0 unspecified atom stereocenters. The summed E-state index contributed by atoms with van der Waals surface area (Å²) in [5.41, 5.74) is 1.42. The molecule has 2 aromatic carbocycles. The first-order valence-electron chi connectivity index (χ1n) is 10.1. The Kier molecular flexibility index (Phi) is 8.51. The van der Waals surface area contributed by atoms with E-state index >= 15 is 0 Å². The number of carbonyl (C=O) groups is 1. The second-order valence-corrected chi connectivity index (χ2v) is 11.1. The summed E-state index contributed by atoms with van der Waals surface area (Å²) in [6.45, 7) is 7.15. The second kappa shape index (κ2) is 10.7. The van der Waals surface area contributed by atoms with Gasteiger partial charge < -0.3 is 10.1 Å². The molecule has 0 heterocycles. The van der Waals surface area contributed by atoms with Gasteiger partial charge in [-0.2, -0.15) is 0 Å². The Morgan fingerprint density at radius 3 is 2.16 bits per heavy atom. The molecular weight excluding hydrogens is 454 g/mol. The van der Waals surface area contributed by atoms with E-state index in [1.165, 1.54) is 0 Å². The van der Waals surface area contributed by atoms with Gasteiger partial charge in [-0.3, -0.25) is 14.2 Å². The number of anilines is 3. The summed E-state index contributed by atoms with van der Waals surface area (Å²) >= 11 is 0. The normalized spacial score (nSPS) is 11.8. The summed E-state index contributed by atoms with van der Waals surface area (Å²) in [5, 5.41) is 2.53. The molecule has 11 heteroatoms. The number of benzene rings is 2. The molecule has 0 fully saturated rings. The van der Waals surface area contributed by atoms with Gasteiger partial charge in [0.2, 0.25) is 26.0 Å². The maximum atomic E-state index is 12.4. The van der Waals surface area contributed by atoms with Crippen LogP contribution < -0.4 is 19.5 Å². The van der Waals surface area contributed by atoms with Crippen molar-refractivity contribution in [2.75, 3.05) is 26.3 Å². The van der Waals surface area contributed by atoms with Crippen molar-refractivity contribution >= 4 is 43.0 Å². The van der Waals surface area contributed by atoms with Gasteiger partial charge in [0.1, 0.15) is 11.5 Å². The molecule has 0 radical (unpaired) electrons. The van der Waals surface area contributed by atoms with Crippen molar-refractivity contribution in [1.29, 1.82) is 0 Å². The minimum Gasteiger partial charge on any atom is -0.491 e. The Morgan fingerprint density at radius 1 is 0.938 bits per heavy atom. The largest absolute Gasteiger partial charge is 0.491 e. The van der Waals surface area contributed by atoms with Crippen LogP contribution in [0.4, 0.5) is 17.1 Å². The molecule has 0 aliphatic rings. The molecule has 1 amide bonds. The maximum absolute atomic E-state index is 12.4. The van der Waals surface area contributed by atoms with Crippen LogP contribution in [0.1, 0.15) is 32.8 Å². The number of nitrogens with one attached hydrogen (secondary N) is 3. The molecule has 9 nitrogen and oxygen atoms in total. The molecule has 176 valence electrons. The van der Waals surface area contributed by atoms with Gasteiger partial charge in [-0.25, -0.2) is 16.8 Å². The zero-order chi connectivity index (χ0) is 23.9. The van der Waals surface area contributed by atoms with E-state index in [0.717, 1.165) is 0 Å². The van der Waals surface area contributed by atoms with Crippen LogP contribution >= 0.6 is 0 Å². The highest BCUT2D eigenvalue weighted by Gasteiger charge is 2.19. The van der Waals surface area contributed by atoms with E-state index in [9.17, 15) is 21.6 Å². The monoisotopic (exact) mass is 483 g/mol. The lowest BCUT2D eigenvalue weighted by atomic mass is 10.1. The highest BCUT2D eigenvalue weighted by Crippen LogP contribution is 2.24. The smallest absolute Gasteiger partial charge is 0.241 e. The van der Waals surface area contributed by atoms with E-state index in [2.05, 4.69) is 14.8 Å². The van der Waals surface area contributed by atoms with Gasteiger partial charge in [0.15, 0.2) is 0 Å². The lowest BCUT2D eigenvalue weighted by Crippen LogP contribution is -2.27. The Bertz CT molecular complexity index is 1140. The molecule has 0 bridgehead atoms. The van der Waals surface area contributed by atoms with E-state index < -0.39 is 31.7 Å². The molecule has 0 aromatic heterocycles. The van der Waals surface area contributed by atoms with Crippen molar-refractivity contribution in [3.63, 3.8) is 0 Å². The van der Waals surface area contributed by atoms with Crippen molar-refractivity contribution in [3.8, 4) is 5.75 Å². The Labute approximate surface area is 189 Å². The molecular formula is C21H29N3O6S2. The van der Waals surface area contributed by atoms with E-state index in [0.29, 0.717) is 34.8 Å². The van der Waals surface area contributed by atoms with Crippen LogP contribution in [0.2, 0.25) is 0 Å². The van der Waals surface area contributed by atoms with Crippen molar-refractivity contribution < 1.29 is 26.4 Å². The van der Waals surface area contributed by atoms with Gasteiger partial charge >= 0.3 is 0 Å². The molecule has 3 N–H and O–H groups in total. The molecule has 0 spiro atoms. The highest BCUT2D eigenvalue weighted by atomic mass is 32.2. The third-order valence-electron chi connectivity index (χ3n) is 4.17. The standard InChI is InChI=1S/C21H29N3O6S2/c1-5-13-31(26,27)24-20-8-6-7-19(16(20)4)22-21(25)14-32(28,29)23-17-9-11-18(12-10-17)30-15(2)3/h6-12,15,23-24H,5,13-14H2,1-4H3,(H,22,25). The SMILES string of the molecule is CCCS(=O)(=O)Nc1cccc(NC(=O)CS(=O)(=O)Nc2ccc(OC(C)C)cc2)c1C. The molecule has 0 aliphatic heterocycles. The fraction of sp³-hybridized carbons (Fsp3) is 0.381. The fourth-order valence-electron chi connectivity index (χ4n) is 2.82. The molecule has 0 saturated heterocycles. The number of rotatable bonds is 11. The zero-order valence-electron chi connectivity index (χ0n) is 18.5. The molecule has 2 aromatic rings. The van der Waals surface area contributed by atoms with E-state index in [1.54, 1.807) is 56.3 Å². The number of amides is 1. The van der Waals surface area contributed by atoms with Crippen LogP contribution in [0.15, 0.2) is 42.5 Å². The summed E-state index contributed by atoms with van der Waals surface area (Å²) in [5.74, 6) is -0.987. The second-order valence-electron chi connectivity index (χ2n) is 7.50. The average Bonchev–Trinajstić information content (AvgIpc) is 2.65. The maximum Gasteiger partial charge on any atom is 0.241 e. The minimum atomic E-state index is -3.96. The van der Waals surface area contributed by atoms with Crippen LogP contribution in [0.25, 0.3) is 0 Å². The Balaban J connectivity index is 2.04. The third-order valence-corrected chi connectivity index (χ3v) is 6.83. The molecule has 0 aliphatic carbocycles. The van der Waals surface area contributed by atoms with Crippen molar-refractivity contribution in [1.82, 2.24) is 0 Å². The van der Waals surface area contributed by atoms with E-state index in [4.69, 9.17) is 4.74 Å². The molecule has 32 heavy (non-hydrogen) atoms. The molecule has 0 atom stereocenters. The Hall–Kier alpha value is -2.79. The summed E-state index contributed by atoms with van der Waals surface area (Å²) in [4.78, 5) is 12.4. The van der Waals surface area contributed by atoms with Crippen LogP contribution in [0.3, 0.4) is 0 Å². The Morgan fingerprint density at radius 2 is 1.56 bits per heavy atom. The molecule has 0 saturated carbocycles. The first-order chi connectivity index (χ1) is 14.9. The van der Waals surface area contributed by atoms with Gasteiger partial charge in [0, 0.05) is 11.4 Å². The fourth-order valence-corrected chi connectivity index (χ4v) is 5.00. The minimum absolute atomic E-state index is 0.00912. The lowest BCUT2D eigenvalue weighted by molar-refractivity contribution is -0.113. The van der Waals surface area contributed by atoms with Crippen LogP contribution in [-0.2, 0) is 24.8 Å².